The summed E-state index contributed by atoms with van der Waals surface area (Å²) in [7, 11) is 0. The van der Waals surface area contributed by atoms with Crippen LogP contribution in [0.2, 0.25) is 0 Å². The van der Waals surface area contributed by atoms with Gasteiger partial charge in [-0.05, 0) is 12.8 Å². The maximum atomic E-state index is 12.1. The van der Waals surface area contributed by atoms with E-state index in [4.69, 9.17) is 5.26 Å². The van der Waals surface area contributed by atoms with Gasteiger partial charge in [-0.25, -0.2) is 4.79 Å². The van der Waals surface area contributed by atoms with Gasteiger partial charge in [-0.15, -0.1) is 0 Å². The van der Waals surface area contributed by atoms with E-state index in [0.29, 0.717) is 19.1 Å². The molecule has 2 amide bonds. The number of amides is 2. The Balaban J connectivity index is 1.87. The number of carbonyl (C=O) groups is 1. The first-order chi connectivity index (χ1) is 8.31. The van der Waals surface area contributed by atoms with Crippen LogP contribution in [-0.4, -0.2) is 42.6 Å². The number of piperazine rings is 1. The Morgan fingerprint density at radius 3 is 2.82 bits per heavy atom. The largest absolute Gasteiger partial charge is 0.335 e. The molecule has 1 unspecified atom stereocenters. The van der Waals surface area contributed by atoms with Gasteiger partial charge in [0, 0.05) is 25.7 Å². The highest BCUT2D eigenvalue weighted by molar-refractivity contribution is 5.75. The number of hydrogen-bond acceptors (Lipinski definition) is 3. The van der Waals surface area contributed by atoms with Gasteiger partial charge in [0.2, 0.25) is 0 Å². The predicted octanol–water partition coefficient (Wildman–Crippen LogP) is 0.826. The van der Waals surface area contributed by atoms with Crippen molar-refractivity contribution in [2.24, 2.45) is 0 Å². The van der Waals surface area contributed by atoms with Crippen molar-refractivity contribution in [3.05, 3.63) is 0 Å². The van der Waals surface area contributed by atoms with Gasteiger partial charge in [0.25, 0.3) is 0 Å². The summed E-state index contributed by atoms with van der Waals surface area (Å²) in [6.07, 6.45) is 5.84. The van der Waals surface area contributed by atoms with E-state index in [1.807, 2.05) is 0 Å². The molecule has 0 spiro atoms. The lowest BCUT2D eigenvalue weighted by molar-refractivity contribution is 0.168. The summed E-state index contributed by atoms with van der Waals surface area (Å²) in [6, 6.07) is 2.09. The van der Waals surface area contributed by atoms with Crippen LogP contribution in [-0.2, 0) is 0 Å². The van der Waals surface area contributed by atoms with Gasteiger partial charge < -0.3 is 15.5 Å². The van der Waals surface area contributed by atoms with Crippen molar-refractivity contribution in [2.45, 2.75) is 44.2 Å². The SMILES string of the molecule is N#CC1CNCCN1C(=O)NC1CCCCC1. The number of hydrogen-bond donors (Lipinski definition) is 2. The van der Waals surface area contributed by atoms with E-state index in [2.05, 4.69) is 16.7 Å². The zero-order chi connectivity index (χ0) is 12.1. The van der Waals surface area contributed by atoms with E-state index >= 15 is 0 Å². The molecule has 1 aliphatic heterocycles. The maximum absolute atomic E-state index is 12.1. The molecular formula is C12H20N4O. The van der Waals surface area contributed by atoms with Crippen LogP contribution in [0.5, 0.6) is 0 Å². The second-order valence-electron chi connectivity index (χ2n) is 4.83. The van der Waals surface area contributed by atoms with Crippen molar-refractivity contribution in [1.29, 1.82) is 5.26 Å². The molecule has 0 aromatic carbocycles. The van der Waals surface area contributed by atoms with Crippen molar-refractivity contribution < 1.29 is 4.79 Å². The fourth-order valence-corrected chi connectivity index (χ4v) is 2.57. The molecule has 1 atom stereocenters. The predicted molar refractivity (Wildman–Crippen MR) is 64.4 cm³/mol. The average molecular weight is 236 g/mol. The molecule has 2 rings (SSSR count). The minimum absolute atomic E-state index is 0.0649. The Labute approximate surface area is 102 Å². The Morgan fingerprint density at radius 2 is 2.12 bits per heavy atom. The molecule has 2 N–H and O–H groups in total. The van der Waals surface area contributed by atoms with Gasteiger partial charge in [0.1, 0.15) is 6.04 Å². The van der Waals surface area contributed by atoms with E-state index in [1.54, 1.807) is 4.90 Å². The van der Waals surface area contributed by atoms with Crippen molar-refractivity contribution in [1.82, 2.24) is 15.5 Å². The molecule has 1 heterocycles. The van der Waals surface area contributed by atoms with E-state index in [0.717, 1.165) is 19.4 Å². The van der Waals surface area contributed by atoms with E-state index in [9.17, 15) is 4.79 Å². The minimum atomic E-state index is -0.327. The number of nitriles is 1. The molecule has 2 aliphatic rings. The number of carbonyl (C=O) groups excluding carboxylic acids is 1. The van der Waals surface area contributed by atoms with Gasteiger partial charge in [-0.2, -0.15) is 5.26 Å². The number of urea groups is 1. The van der Waals surface area contributed by atoms with Crippen LogP contribution in [0.25, 0.3) is 0 Å². The van der Waals surface area contributed by atoms with Gasteiger partial charge in [-0.3, -0.25) is 0 Å². The van der Waals surface area contributed by atoms with Crippen LogP contribution in [0, 0.1) is 11.3 Å². The summed E-state index contributed by atoms with van der Waals surface area (Å²) in [4.78, 5) is 13.7. The molecule has 0 aromatic rings. The number of rotatable bonds is 1. The summed E-state index contributed by atoms with van der Waals surface area (Å²) in [5.41, 5.74) is 0. The molecule has 1 saturated carbocycles. The molecule has 0 bridgehead atoms. The third-order valence-corrected chi connectivity index (χ3v) is 3.59. The zero-order valence-corrected chi connectivity index (χ0v) is 10.1. The first-order valence-electron chi connectivity index (χ1n) is 6.48. The van der Waals surface area contributed by atoms with Crippen molar-refractivity contribution in [3.8, 4) is 6.07 Å². The molecule has 94 valence electrons. The Hall–Kier alpha value is -1.28. The molecule has 17 heavy (non-hydrogen) atoms. The molecule has 0 aromatic heterocycles. The highest BCUT2D eigenvalue weighted by Crippen LogP contribution is 2.17. The lowest BCUT2D eigenvalue weighted by Gasteiger charge is -2.34. The standard InChI is InChI=1S/C12H20N4O/c13-8-11-9-14-6-7-16(11)12(17)15-10-4-2-1-3-5-10/h10-11,14H,1-7,9H2,(H,15,17). The lowest BCUT2D eigenvalue weighted by Crippen LogP contribution is -2.57. The number of nitrogens with zero attached hydrogens (tertiary/aromatic N) is 2. The first kappa shape index (κ1) is 12.2. The van der Waals surface area contributed by atoms with E-state index in [1.165, 1.54) is 19.3 Å². The first-order valence-corrected chi connectivity index (χ1v) is 6.48. The normalized spacial score (nSPS) is 26.3. The third-order valence-electron chi connectivity index (χ3n) is 3.59. The minimum Gasteiger partial charge on any atom is -0.335 e. The zero-order valence-electron chi connectivity index (χ0n) is 10.1. The van der Waals surface area contributed by atoms with Crippen molar-refractivity contribution in [3.63, 3.8) is 0 Å². The molecule has 0 radical (unpaired) electrons. The van der Waals surface area contributed by atoms with Crippen LogP contribution in [0.1, 0.15) is 32.1 Å². The summed E-state index contributed by atoms with van der Waals surface area (Å²) >= 11 is 0. The molecule has 5 heteroatoms. The highest BCUT2D eigenvalue weighted by atomic mass is 16.2. The molecule has 1 aliphatic carbocycles. The van der Waals surface area contributed by atoms with E-state index in [-0.39, 0.29) is 12.1 Å². The van der Waals surface area contributed by atoms with Gasteiger partial charge >= 0.3 is 6.03 Å². The maximum Gasteiger partial charge on any atom is 0.318 e. The summed E-state index contributed by atoms with van der Waals surface area (Å²) in [5, 5.41) is 15.2. The fourth-order valence-electron chi connectivity index (χ4n) is 2.57. The van der Waals surface area contributed by atoms with Crippen LogP contribution in [0.4, 0.5) is 4.79 Å². The van der Waals surface area contributed by atoms with E-state index < -0.39 is 0 Å². The monoisotopic (exact) mass is 236 g/mol. The summed E-state index contributed by atoms with van der Waals surface area (Å²) in [5.74, 6) is 0. The molecule has 5 nitrogen and oxygen atoms in total. The molecule has 2 fully saturated rings. The molecular weight excluding hydrogens is 216 g/mol. The van der Waals surface area contributed by atoms with Crippen LogP contribution in [0.15, 0.2) is 0 Å². The van der Waals surface area contributed by atoms with Gasteiger partial charge in [0.15, 0.2) is 0 Å². The van der Waals surface area contributed by atoms with Crippen molar-refractivity contribution >= 4 is 6.03 Å². The Bertz CT molecular complexity index is 306. The van der Waals surface area contributed by atoms with Crippen molar-refractivity contribution in [2.75, 3.05) is 19.6 Å². The molecule has 1 saturated heterocycles. The number of nitrogens with one attached hydrogen (secondary N) is 2. The van der Waals surface area contributed by atoms with Gasteiger partial charge in [-0.1, -0.05) is 19.3 Å². The Morgan fingerprint density at radius 1 is 1.35 bits per heavy atom. The smallest absolute Gasteiger partial charge is 0.318 e. The van der Waals surface area contributed by atoms with Crippen LogP contribution >= 0.6 is 0 Å². The summed E-state index contributed by atoms with van der Waals surface area (Å²) < 4.78 is 0. The Kier molecular flexibility index (Phi) is 4.21. The van der Waals surface area contributed by atoms with Crippen LogP contribution in [0.3, 0.4) is 0 Å². The quantitative estimate of drug-likeness (QED) is 0.708. The summed E-state index contributed by atoms with van der Waals surface area (Å²) in [6.45, 7) is 1.97. The average Bonchev–Trinajstić information content (AvgIpc) is 2.40. The highest BCUT2D eigenvalue weighted by Gasteiger charge is 2.27. The van der Waals surface area contributed by atoms with Crippen LogP contribution < -0.4 is 10.6 Å². The second-order valence-corrected chi connectivity index (χ2v) is 4.83. The second kappa shape index (κ2) is 5.87. The lowest BCUT2D eigenvalue weighted by atomic mass is 9.96. The fraction of sp³-hybridized carbons (Fsp3) is 0.833. The third kappa shape index (κ3) is 3.10. The van der Waals surface area contributed by atoms with Gasteiger partial charge in [0.05, 0.1) is 6.07 Å². The topological polar surface area (TPSA) is 68.2 Å².